The maximum atomic E-state index is 13.2. The zero-order chi connectivity index (χ0) is 14.8. The number of ether oxygens (including phenoxy) is 1. The molecule has 0 fully saturated rings. The molecule has 0 amide bonds. The summed E-state index contributed by atoms with van der Waals surface area (Å²) in [6.07, 6.45) is 1.95. The number of hydrogen-bond acceptors (Lipinski definition) is 4. The van der Waals surface area contributed by atoms with Crippen molar-refractivity contribution in [2.75, 3.05) is 6.54 Å². The number of halogens is 2. The Balaban J connectivity index is 1.94. The van der Waals surface area contributed by atoms with Gasteiger partial charge < -0.3 is 10.1 Å². The Labute approximate surface area is 130 Å². The first-order chi connectivity index (χ1) is 10.2. The van der Waals surface area contributed by atoms with E-state index in [4.69, 9.17) is 16.3 Å². The fourth-order valence-corrected chi connectivity index (χ4v) is 2.85. The SMILES string of the molecule is CCNCc1c(Oc2ccc(F)c(Cl)c2)nc2sccn12. The maximum Gasteiger partial charge on any atom is 0.243 e. The first kappa shape index (κ1) is 14.3. The van der Waals surface area contributed by atoms with Gasteiger partial charge >= 0.3 is 0 Å². The van der Waals surface area contributed by atoms with Gasteiger partial charge in [-0.15, -0.1) is 11.3 Å². The third kappa shape index (κ3) is 2.88. The topological polar surface area (TPSA) is 38.6 Å². The van der Waals surface area contributed by atoms with E-state index >= 15 is 0 Å². The summed E-state index contributed by atoms with van der Waals surface area (Å²) >= 11 is 7.30. The average Bonchev–Trinajstić information content (AvgIpc) is 3.02. The van der Waals surface area contributed by atoms with Crippen LogP contribution in [0, 0.1) is 5.82 Å². The lowest BCUT2D eigenvalue weighted by Gasteiger charge is -2.07. The van der Waals surface area contributed by atoms with Crippen molar-refractivity contribution in [3.63, 3.8) is 0 Å². The Kier molecular flexibility index (Phi) is 4.10. The van der Waals surface area contributed by atoms with Crippen LogP contribution in [0.5, 0.6) is 11.6 Å². The molecule has 3 aromatic rings. The number of thiazole rings is 1. The number of rotatable bonds is 5. The van der Waals surface area contributed by atoms with Gasteiger partial charge in [-0.25, -0.2) is 4.39 Å². The van der Waals surface area contributed by atoms with E-state index in [9.17, 15) is 4.39 Å². The van der Waals surface area contributed by atoms with Crippen LogP contribution >= 0.6 is 22.9 Å². The Morgan fingerprint density at radius 2 is 2.33 bits per heavy atom. The average molecular weight is 326 g/mol. The van der Waals surface area contributed by atoms with Crippen molar-refractivity contribution < 1.29 is 9.13 Å². The Morgan fingerprint density at radius 1 is 1.48 bits per heavy atom. The van der Waals surface area contributed by atoms with Gasteiger partial charge in [0.05, 0.1) is 5.02 Å². The number of fused-ring (bicyclic) bond motifs is 1. The molecule has 2 heterocycles. The Bertz CT molecular complexity index is 771. The molecule has 0 saturated carbocycles. The van der Waals surface area contributed by atoms with Crippen LogP contribution in [0.2, 0.25) is 5.02 Å². The second-order valence-corrected chi connectivity index (χ2v) is 5.66. The van der Waals surface area contributed by atoms with Crippen LogP contribution in [0.1, 0.15) is 12.6 Å². The largest absolute Gasteiger partial charge is 0.437 e. The number of nitrogens with one attached hydrogen (secondary N) is 1. The van der Waals surface area contributed by atoms with Gasteiger partial charge in [0.25, 0.3) is 0 Å². The fourth-order valence-electron chi connectivity index (χ4n) is 1.95. The van der Waals surface area contributed by atoms with Gasteiger partial charge in [-0.1, -0.05) is 18.5 Å². The fraction of sp³-hybridized carbons (Fsp3) is 0.214. The van der Waals surface area contributed by atoms with Gasteiger partial charge in [-0.2, -0.15) is 4.98 Å². The molecule has 1 N–H and O–H groups in total. The highest BCUT2D eigenvalue weighted by Gasteiger charge is 2.15. The second kappa shape index (κ2) is 6.01. The molecule has 4 nitrogen and oxygen atoms in total. The minimum Gasteiger partial charge on any atom is -0.437 e. The van der Waals surface area contributed by atoms with E-state index in [2.05, 4.69) is 10.3 Å². The van der Waals surface area contributed by atoms with Crippen LogP contribution in [-0.4, -0.2) is 15.9 Å². The molecule has 0 aliphatic rings. The van der Waals surface area contributed by atoms with E-state index in [0.717, 1.165) is 17.2 Å². The molecule has 0 aliphatic carbocycles. The van der Waals surface area contributed by atoms with E-state index in [1.54, 1.807) is 0 Å². The number of imidazole rings is 1. The van der Waals surface area contributed by atoms with Crippen LogP contribution in [-0.2, 0) is 6.54 Å². The molecule has 3 rings (SSSR count). The van der Waals surface area contributed by atoms with Crippen molar-refractivity contribution >= 4 is 27.9 Å². The molecule has 0 bridgehead atoms. The molecule has 0 unspecified atom stereocenters. The predicted octanol–water partition coefficient (Wildman–Crippen LogP) is 4.09. The number of aromatic nitrogens is 2. The number of hydrogen-bond donors (Lipinski definition) is 1. The Morgan fingerprint density at radius 3 is 3.10 bits per heavy atom. The van der Waals surface area contributed by atoms with Crippen LogP contribution in [0.25, 0.3) is 4.96 Å². The molecule has 21 heavy (non-hydrogen) atoms. The molecule has 0 aliphatic heterocycles. The summed E-state index contributed by atoms with van der Waals surface area (Å²) in [5.74, 6) is 0.498. The summed E-state index contributed by atoms with van der Waals surface area (Å²) in [6.45, 7) is 3.52. The summed E-state index contributed by atoms with van der Waals surface area (Å²) in [7, 11) is 0. The van der Waals surface area contributed by atoms with Crippen LogP contribution in [0.15, 0.2) is 29.8 Å². The number of nitrogens with zero attached hydrogens (tertiary/aromatic N) is 2. The molecule has 1 aromatic carbocycles. The third-order valence-electron chi connectivity index (χ3n) is 2.97. The zero-order valence-corrected chi connectivity index (χ0v) is 12.8. The monoisotopic (exact) mass is 325 g/mol. The van der Waals surface area contributed by atoms with Crippen LogP contribution < -0.4 is 10.1 Å². The lowest BCUT2D eigenvalue weighted by Crippen LogP contribution is -2.13. The van der Waals surface area contributed by atoms with Crippen molar-refractivity contribution in [3.05, 3.63) is 46.3 Å². The van der Waals surface area contributed by atoms with Crippen molar-refractivity contribution in [1.82, 2.24) is 14.7 Å². The van der Waals surface area contributed by atoms with E-state index in [1.165, 1.54) is 29.5 Å². The van der Waals surface area contributed by atoms with Crippen molar-refractivity contribution in [2.45, 2.75) is 13.5 Å². The second-order valence-electron chi connectivity index (χ2n) is 4.38. The molecule has 0 radical (unpaired) electrons. The highest BCUT2D eigenvalue weighted by molar-refractivity contribution is 7.15. The smallest absolute Gasteiger partial charge is 0.243 e. The van der Waals surface area contributed by atoms with Gasteiger partial charge in [0, 0.05) is 24.2 Å². The minimum absolute atomic E-state index is 0.0294. The van der Waals surface area contributed by atoms with Crippen LogP contribution in [0.3, 0.4) is 0 Å². The normalized spacial score (nSPS) is 11.2. The summed E-state index contributed by atoms with van der Waals surface area (Å²) in [5, 5.41) is 5.25. The van der Waals surface area contributed by atoms with Gasteiger partial charge in [0.15, 0.2) is 4.96 Å². The van der Waals surface area contributed by atoms with E-state index < -0.39 is 5.82 Å². The molecule has 0 saturated heterocycles. The molecule has 0 spiro atoms. The lowest BCUT2D eigenvalue weighted by atomic mass is 10.3. The molecular weight excluding hydrogens is 313 g/mol. The molecule has 0 atom stereocenters. The summed E-state index contributed by atoms with van der Waals surface area (Å²) in [4.78, 5) is 5.31. The van der Waals surface area contributed by atoms with Gasteiger partial charge in [-0.3, -0.25) is 4.40 Å². The summed E-state index contributed by atoms with van der Waals surface area (Å²) in [5.41, 5.74) is 0.925. The van der Waals surface area contributed by atoms with E-state index in [1.807, 2.05) is 22.9 Å². The highest BCUT2D eigenvalue weighted by atomic mass is 35.5. The first-order valence-corrected chi connectivity index (χ1v) is 7.73. The maximum absolute atomic E-state index is 13.2. The molecule has 2 aromatic heterocycles. The number of benzene rings is 1. The predicted molar refractivity (Wildman–Crippen MR) is 81.9 cm³/mol. The van der Waals surface area contributed by atoms with Crippen molar-refractivity contribution in [3.8, 4) is 11.6 Å². The van der Waals surface area contributed by atoms with Gasteiger partial charge in [0.1, 0.15) is 17.3 Å². The quantitative estimate of drug-likeness (QED) is 0.768. The van der Waals surface area contributed by atoms with Gasteiger partial charge in [0.2, 0.25) is 5.88 Å². The summed E-state index contributed by atoms with van der Waals surface area (Å²) in [6, 6.07) is 4.26. The van der Waals surface area contributed by atoms with Crippen molar-refractivity contribution in [2.24, 2.45) is 0 Å². The van der Waals surface area contributed by atoms with Crippen LogP contribution in [0.4, 0.5) is 4.39 Å². The minimum atomic E-state index is -0.470. The molecule has 7 heteroatoms. The molecule has 110 valence electrons. The zero-order valence-electron chi connectivity index (χ0n) is 11.3. The molecular formula is C14H13ClFN3OS. The Hall–Kier alpha value is -1.63. The van der Waals surface area contributed by atoms with E-state index in [-0.39, 0.29) is 5.02 Å². The van der Waals surface area contributed by atoms with E-state index in [0.29, 0.717) is 18.2 Å². The first-order valence-electron chi connectivity index (χ1n) is 6.47. The lowest BCUT2D eigenvalue weighted by molar-refractivity contribution is 0.454. The van der Waals surface area contributed by atoms with Gasteiger partial charge in [-0.05, 0) is 18.7 Å². The summed E-state index contributed by atoms with van der Waals surface area (Å²) < 4.78 is 20.9. The highest BCUT2D eigenvalue weighted by Crippen LogP contribution is 2.30. The standard InChI is InChI=1S/C14H13ClFN3OS/c1-2-17-8-12-13(18-14-19(12)5-6-21-14)20-9-3-4-11(16)10(15)7-9/h3-7,17H,2,8H2,1H3. The van der Waals surface area contributed by atoms with Crippen molar-refractivity contribution in [1.29, 1.82) is 0 Å². The third-order valence-corrected chi connectivity index (χ3v) is 4.02.